The Hall–Kier alpha value is -3.88. The number of ether oxygens (including phenoxy) is 1. The molecule has 0 radical (unpaired) electrons. The van der Waals surface area contributed by atoms with E-state index in [0.717, 1.165) is 53.2 Å². The topological polar surface area (TPSA) is 94.4 Å². The van der Waals surface area contributed by atoms with Gasteiger partial charge in [0.15, 0.2) is 0 Å². The van der Waals surface area contributed by atoms with Gasteiger partial charge in [0, 0.05) is 37.2 Å². The molecule has 232 valence electrons. The number of amides is 1. The Bertz CT molecular complexity index is 1610. The van der Waals surface area contributed by atoms with Crippen LogP contribution in [0.3, 0.4) is 0 Å². The number of aryl methyl sites for hydroxylation is 1. The average molecular weight is 637 g/mol. The number of phenols is 1. The molecule has 9 heteroatoms. The lowest BCUT2D eigenvalue weighted by atomic mass is 9.84. The highest BCUT2D eigenvalue weighted by atomic mass is 35.5. The molecule has 1 saturated heterocycles. The highest BCUT2D eigenvalue weighted by molar-refractivity contribution is 6.32. The van der Waals surface area contributed by atoms with Crippen LogP contribution in [0.2, 0.25) is 10.0 Å². The Morgan fingerprint density at radius 2 is 1.75 bits per heavy atom. The van der Waals surface area contributed by atoms with Gasteiger partial charge < -0.3 is 14.9 Å². The zero-order chi connectivity index (χ0) is 30.4. The van der Waals surface area contributed by atoms with Gasteiger partial charge in [0.1, 0.15) is 18.1 Å². The summed E-state index contributed by atoms with van der Waals surface area (Å²) < 4.78 is 6.39. The Balaban J connectivity index is 0.00000276. The lowest BCUT2D eigenvalue weighted by Gasteiger charge is -2.38. The van der Waals surface area contributed by atoms with E-state index >= 15 is 0 Å². The number of aliphatic hydroxyl groups is 1. The van der Waals surface area contributed by atoms with E-state index in [4.69, 9.17) is 27.9 Å². The number of carbonyl (C=O) groups excluding carboxylic acids is 1. The van der Waals surface area contributed by atoms with Crippen LogP contribution in [0.15, 0.2) is 90.0 Å². The largest absolute Gasteiger partial charge is 0.506 e. The minimum Gasteiger partial charge on any atom is -0.506 e. The Morgan fingerprint density at radius 3 is 2.43 bits per heavy atom. The van der Waals surface area contributed by atoms with Gasteiger partial charge in [0.2, 0.25) is 0 Å². The van der Waals surface area contributed by atoms with Crippen LogP contribution >= 0.6 is 23.2 Å². The molecule has 0 aromatic heterocycles. The molecule has 0 aliphatic carbocycles. The smallest absolute Gasteiger partial charge is 0.271 e. The van der Waals surface area contributed by atoms with Crippen molar-refractivity contribution in [2.24, 2.45) is 5.10 Å². The number of hydrogen-bond acceptors (Lipinski definition) is 6. The molecule has 1 aliphatic heterocycles. The van der Waals surface area contributed by atoms with Crippen LogP contribution in [-0.4, -0.2) is 53.5 Å². The standard InChI is InChI=1S/C34H33Cl2N3O4.CH4.H2/c1-23-19-24(22-37-38-33(41)26-7-12-31(40)30(36)21-26)20-29(25-5-3-2-4-6-25)32(23)43-18-17-39-15-13-34(42,14-16-39)27-8-10-28(35)11-9-27;;/h2-12,19-22,40,42H,13-18H2,1H3,(H,38,41);1H4;1H/b37-22+;;. The van der Waals surface area contributed by atoms with Crippen LogP contribution in [-0.2, 0) is 5.60 Å². The lowest BCUT2D eigenvalue weighted by molar-refractivity contribution is -0.0278. The van der Waals surface area contributed by atoms with Gasteiger partial charge in [-0.2, -0.15) is 5.10 Å². The maximum Gasteiger partial charge on any atom is 0.271 e. The Labute approximate surface area is 270 Å². The van der Waals surface area contributed by atoms with E-state index in [1.54, 1.807) is 6.21 Å². The van der Waals surface area contributed by atoms with E-state index < -0.39 is 11.5 Å². The third-order valence-electron chi connectivity index (χ3n) is 7.69. The van der Waals surface area contributed by atoms with Crippen molar-refractivity contribution in [2.45, 2.75) is 32.8 Å². The van der Waals surface area contributed by atoms with Gasteiger partial charge in [0.05, 0.1) is 16.8 Å². The second-order valence-electron chi connectivity index (χ2n) is 10.7. The van der Waals surface area contributed by atoms with Crippen molar-refractivity contribution in [1.29, 1.82) is 0 Å². The molecule has 0 unspecified atom stereocenters. The summed E-state index contributed by atoms with van der Waals surface area (Å²) in [5, 5.41) is 25.7. The summed E-state index contributed by atoms with van der Waals surface area (Å²) in [4.78, 5) is 14.8. The van der Waals surface area contributed by atoms with Crippen molar-refractivity contribution in [1.82, 2.24) is 10.3 Å². The second-order valence-corrected chi connectivity index (χ2v) is 11.5. The number of likely N-dealkylation sites (tertiary alicyclic amines) is 1. The predicted molar refractivity (Wildman–Crippen MR) is 180 cm³/mol. The highest BCUT2D eigenvalue weighted by Crippen LogP contribution is 2.35. The molecule has 3 N–H and O–H groups in total. The van der Waals surface area contributed by atoms with E-state index in [9.17, 15) is 15.0 Å². The molecule has 4 aromatic rings. The van der Waals surface area contributed by atoms with Crippen molar-refractivity contribution in [3.05, 3.63) is 117 Å². The van der Waals surface area contributed by atoms with Crippen molar-refractivity contribution >= 4 is 35.3 Å². The lowest BCUT2D eigenvalue weighted by Crippen LogP contribution is -2.43. The predicted octanol–water partition coefficient (Wildman–Crippen LogP) is 7.68. The summed E-state index contributed by atoms with van der Waals surface area (Å²) in [6.07, 6.45) is 2.87. The Morgan fingerprint density at radius 1 is 1.05 bits per heavy atom. The third-order valence-corrected chi connectivity index (χ3v) is 8.24. The SMILES string of the molecule is C.Cc1cc(/C=N/NC(=O)c2ccc(O)c(Cl)c2)cc(-c2ccccc2)c1OCCN1CCC(O)(c2ccc(Cl)cc2)CC1.[HH]. The first-order chi connectivity index (χ1) is 20.7. The van der Waals surface area contributed by atoms with Gasteiger partial charge in [-0.25, -0.2) is 5.43 Å². The van der Waals surface area contributed by atoms with Gasteiger partial charge >= 0.3 is 0 Å². The molecule has 4 aromatic carbocycles. The minimum atomic E-state index is -0.840. The number of hydrazone groups is 1. The van der Waals surface area contributed by atoms with Crippen molar-refractivity contribution in [3.63, 3.8) is 0 Å². The summed E-state index contributed by atoms with van der Waals surface area (Å²) in [7, 11) is 0. The van der Waals surface area contributed by atoms with Gasteiger partial charge in [-0.1, -0.05) is 73.1 Å². The maximum absolute atomic E-state index is 12.5. The fourth-order valence-electron chi connectivity index (χ4n) is 5.25. The van der Waals surface area contributed by atoms with Crippen LogP contribution in [0, 0.1) is 6.92 Å². The van der Waals surface area contributed by atoms with Gasteiger partial charge in [-0.15, -0.1) is 0 Å². The number of phenolic OH excluding ortho intramolecular Hbond substituents is 1. The molecule has 0 spiro atoms. The highest BCUT2D eigenvalue weighted by Gasteiger charge is 2.33. The number of benzene rings is 4. The number of nitrogens with one attached hydrogen (secondary N) is 1. The van der Waals surface area contributed by atoms with Crippen LogP contribution in [0.5, 0.6) is 11.5 Å². The van der Waals surface area contributed by atoms with Crippen LogP contribution in [0.1, 0.15) is 48.7 Å². The molecule has 1 aliphatic rings. The zero-order valence-corrected chi connectivity index (χ0v) is 25.3. The van der Waals surface area contributed by atoms with E-state index in [1.165, 1.54) is 18.2 Å². The fourth-order valence-corrected chi connectivity index (χ4v) is 5.56. The average Bonchev–Trinajstić information content (AvgIpc) is 3.01. The van der Waals surface area contributed by atoms with E-state index in [0.29, 0.717) is 24.5 Å². The molecule has 5 rings (SSSR count). The summed E-state index contributed by atoms with van der Waals surface area (Å²) in [6.45, 7) is 4.76. The van der Waals surface area contributed by atoms with Gasteiger partial charge in [-0.3, -0.25) is 9.69 Å². The monoisotopic (exact) mass is 635 g/mol. The van der Waals surface area contributed by atoms with Crippen molar-refractivity contribution in [2.75, 3.05) is 26.2 Å². The van der Waals surface area contributed by atoms with Crippen molar-refractivity contribution < 1.29 is 21.2 Å². The second kappa shape index (κ2) is 14.7. The van der Waals surface area contributed by atoms with Crippen molar-refractivity contribution in [3.8, 4) is 22.6 Å². The maximum atomic E-state index is 12.5. The van der Waals surface area contributed by atoms with E-state index in [2.05, 4.69) is 15.4 Å². The fraction of sp³-hybridized carbons (Fsp3) is 0.257. The number of hydrogen-bond donors (Lipinski definition) is 3. The number of carbonyl (C=O) groups is 1. The summed E-state index contributed by atoms with van der Waals surface area (Å²) in [6, 6.07) is 25.6. The Kier molecular flexibility index (Phi) is 11.1. The summed E-state index contributed by atoms with van der Waals surface area (Å²) in [5.74, 6) is 0.258. The van der Waals surface area contributed by atoms with E-state index in [1.807, 2.05) is 73.7 Å². The zero-order valence-electron chi connectivity index (χ0n) is 23.8. The molecular weight excluding hydrogens is 597 g/mol. The first-order valence-corrected chi connectivity index (χ1v) is 14.8. The molecule has 7 nitrogen and oxygen atoms in total. The normalized spacial score (nSPS) is 14.6. The van der Waals surface area contributed by atoms with Crippen LogP contribution < -0.4 is 10.2 Å². The molecule has 0 atom stereocenters. The van der Waals surface area contributed by atoms with Crippen LogP contribution in [0.25, 0.3) is 11.1 Å². The number of piperidine rings is 1. The third kappa shape index (κ3) is 7.98. The minimum absolute atomic E-state index is 0. The first-order valence-electron chi connectivity index (χ1n) is 14.1. The number of rotatable bonds is 9. The van der Waals surface area contributed by atoms with Gasteiger partial charge in [-0.05, 0) is 84.5 Å². The van der Waals surface area contributed by atoms with E-state index in [-0.39, 0.29) is 25.2 Å². The molecule has 1 heterocycles. The molecule has 1 amide bonds. The quantitative estimate of drug-likeness (QED) is 0.129. The van der Waals surface area contributed by atoms with Crippen LogP contribution in [0.4, 0.5) is 0 Å². The number of nitrogens with zero attached hydrogens (tertiary/aromatic N) is 2. The number of aromatic hydroxyl groups is 1. The molecule has 44 heavy (non-hydrogen) atoms. The first kappa shape index (κ1) is 33.0. The molecule has 0 saturated carbocycles. The summed E-state index contributed by atoms with van der Waals surface area (Å²) >= 11 is 11.9. The molecule has 1 fully saturated rings. The number of halogens is 2. The molecule has 0 bridgehead atoms. The molecular formula is C35H39Cl2N3O4. The summed E-state index contributed by atoms with van der Waals surface area (Å²) in [5.41, 5.74) is 6.52. The van der Waals surface area contributed by atoms with Gasteiger partial charge in [0.25, 0.3) is 5.91 Å².